The molecule has 0 aliphatic rings. The summed E-state index contributed by atoms with van der Waals surface area (Å²) in [6, 6.07) is 0. The number of aliphatic carboxylic acids is 1. The van der Waals surface area contributed by atoms with Gasteiger partial charge in [-0.25, -0.2) is 4.79 Å². The number of hydrogen-bond acceptors (Lipinski definition) is 4. The number of aliphatic hydroxyl groups is 3. The van der Waals surface area contributed by atoms with E-state index in [2.05, 4.69) is 0 Å². The summed E-state index contributed by atoms with van der Waals surface area (Å²) in [6.45, 7) is 1.06. The smallest absolute Gasteiger partial charge is 0.329 e. The Hall–Kier alpha value is -0.620. The van der Waals surface area contributed by atoms with Crippen molar-refractivity contribution in [1.29, 1.82) is 0 Å². The number of halogens is 1. The molecule has 0 bridgehead atoms. The second kappa shape index (κ2) is 8.96. The van der Waals surface area contributed by atoms with Crippen LogP contribution in [0.1, 0.15) is 6.92 Å². The Labute approximate surface area is 87.3 Å². The Balaban J connectivity index is 0. The van der Waals surface area contributed by atoms with Gasteiger partial charge in [0, 0.05) is 17.0 Å². The molecule has 0 rings (SSSR count). The van der Waals surface area contributed by atoms with Crippen LogP contribution in [0.15, 0.2) is 11.6 Å². The summed E-state index contributed by atoms with van der Waals surface area (Å²) >= 11 is 4.84. The van der Waals surface area contributed by atoms with Crippen molar-refractivity contribution in [3.8, 4) is 0 Å². The van der Waals surface area contributed by atoms with Crippen molar-refractivity contribution in [2.45, 2.75) is 6.92 Å². The van der Waals surface area contributed by atoms with Gasteiger partial charge in [0.25, 0.3) is 0 Å². The lowest BCUT2D eigenvalue weighted by molar-refractivity contribution is -0.131. The van der Waals surface area contributed by atoms with Gasteiger partial charge in [-0.15, -0.1) is 0 Å². The maximum absolute atomic E-state index is 9.43. The fraction of sp³-hybridized carbons (Fsp3) is 0.625. The third-order valence-electron chi connectivity index (χ3n) is 1.35. The van der Waals surface area contributed by atoms with Gasteiger partial charge in [0.1, 0.15) is 0 Å². The molecule has 0 aliphatic carbocycles. The van der Waals surface area contributed by atoms with Crippen molar-refractivity contribution in [1.82, 2.24) is 0 Å². The first-order valence-corrected chi connectivity index (χ1v) is 4.21. The maximum atomic E-state index is 9.43. The second-order valence-corrected chi connectivity index (χ2v) is 3.17. The van der Waals surface area contributed by atoms with E-state index in [1.165, 1.54) is 0 Å². The molecule has 0 radical (unpaired) electrons. The van der Waals surface area contributed by atoms with Gasteiger partial charge in [0.15, 0.2) is 0 Å². The van der Waals surface area contributed by atoms with Gasteiger partial charge in [-0.05, 0) is 0 Å². The Kier molecular flexibility index (Phi) is 10.1. The van der Waals surface area contributed by atoms with Crippen molar-refractivity contribution in [2.75, 3.05) is 19.8 Å². The lowest BCUT2D eigenvalue weighted by Gasteiger charge is -2.20. The van der Waals surface area contributed by atoms with Crippen molar-refractivity contribution < 1.29 is 25.2 Å². The highest BCUT2D eigenvalue weighted by molar-refractivity contribution is 6.26. The van der Waals surface area contributed by atoms with Crippen LogP contribution in [0, 0.1) is 5.41 Å². The van der Waals surface area contributed by atoms with E-state index in [1.807, 2.05) is 0 Å². The van der Waals surface area contributed by atoms with Crippen LogP contribution >= 0.6 is 11.6 Å². The van der Waals surface area contributed by atoms with E-state index in [4.69, 9.17) is 32.0 Å². The van der Waals surface area contributed by atoms with E-state index >= 15 is 0 Å². The largest absolute Gasteiger partial charge is 0.478 e. The Bertz CT molecular complexity index is 168. The first-order valence-electron chi connectivity index (χ1n) is 3.78. The number of rotatable bonds is 4. The highest BCUT2D eigenvalue weighted by atomic mass is 35.5. The Morgan fingerprint density at radius 3 is 1.64 bits per heavy atom. The molecule has 5 nitrogen and oxygen atoms in total. The molecule has 0 fully saturated rings. The molecule has 0 amide bonds. The van der Waals surface area contributed by atoms with E-state index in [1.54, 1.807) is 6.92 Å². The summed E-state index contributed by atoms with van der Waals surface area (Å²) in [4.78, 5) is 9.43. The highest BCUT2D eigenvalue weighted by Gasteiger charge is 2.20. The molecule has 6 heteroatoms. The van der Waals surface area contributed by atoms with Crippen molar-refractivity contribution in [3.05, 3.63) is 11.6 Å². The summed E-state index contributed by atoms with van der Waals surface area (Å²) in [5.41, 5.74) is 0.238. The van der Waals surface area contributed by atoms with Crippen LogP contribution in [0.3, 0.4) is 0 Å². The second-order valence-electron chi connectivity index (χ2n) is 2.92. The highest BCUT2D eigenvalue weighted by Crippen LogP contribution is 2.10. The van der Waals surface area contributed by atoms with Gasteiger partial charge in [0.2, 0.25) is 0 Å². The topological polar surface area (TPSA) is 98.0 Å². The van der Waals surface area contributed by atoms with E-state index < -0.39 is 11.4 Å². The van der Waals surface area contributed by atoms with Gasteiger partial charge < -0.3 is 20.4 Å². The summed E-state index contributed by atoms with van der Waals surface area (Å²) in [5.74, 6) is -1.02. The minimum atomic E-state index is -1.02. The number of carboxylic acids is 1. The standard InChI is InChI=1S/C5H12O3.C3H3ClO2/c1-5(2-6,3-7)4-8;4-2-1-3(5)6/h6-8H,2-4H2,1H3;1-2H,(H,5,6). The molecule has 4 N–H and O–H groups in total. The van der Waals surface area contributed by atoms with Crippen LogP contribution in [-0.2, 0) is 4.79 Å². The molecule has 84 valence electrons. The van der Waals surface area contributed by atoms with Crippen LogP contribution in [0.4, 0.5) is 0 Å². The minimum absolute atomic E-state index is 0.181. The summed E-state index contributed by atoms with van der Waals surface area (Å²) < 4.78 is 0. The fourth-order valence-corrected chi connectivity index (χ4v) is 0.312. The normalized spacial score (nSPS) is 10.9. The number of carbonyl (C=O) groups is 1. The van der Waals surface area contributed by atoms with Gasteiger partial charge in [-0.1, -0.05) is 18.5 Å². The van der Waals surface area contributed by atoms with Crippen molar-refractivity contribution in [3.63, 3.8) is 0 Å². The first-order chi connectivity index (χ1) is 6.45. The van der Waals surface area contributed by atoms with Crippen LogP contribution < -0.4 is 0 Å². The molecular weight excluding hydrogens is 212 g/mol. The monoisotopic (exact) mass is 226 g/mol. The molecule has 0 aromatic carbocycles. The molecule has 0 spiro atoms. The van der Waals surface area contributed by atoms with Crippen LogP contribution in [0.2, 0.25) is 0 Å². The predicted octanol–water partition coefficient (Wildman–Crippen LogP) is -0.207. The fourth-order valence-electron chi connectivity index (χ4n) is 0.204. The van der Waals surface area contributed by atoms with E-state index in [0.29, 0.717) is 0 Å². The molecule has 0 atom stereocenters. The molecular formula is C8H15ClO5. The lowest BCUT2D eigenvalue weighted by atomic mass is 9.95. The molecule has 14 heavy (non-hydrogen) atoms. The molecule has 0 aromatic rings. The Morgan fingerprint density at radius 1 is 1.29 bits per heavy atom. The SMILES string of the molecule is CC(CO)(CO)CO.O=C(O)C=CCl. The first kappa shape index (κ1) is 15.8. The molecule has 0 aromatic heterocycles. The minimum Gasteiger partial charge on any atom is -0.478 e. The van der Waals surface area contributed by atoms with E-state index in [0.717, 1.165) is 11.6 Å². The molecule has 0 heterocycles. The lowest BCUT2D eigenvalue weighted by Crippen LogP contribution is -2.29. The zero-order valence-electron chi connectivity index (χ0n) is 7.85. The predicted molar refractivity (Wildman–Crippen MR) is 52.0 cm³/mol. The summed E-state index contributed by atoms with van der Waals surface area (Å²) in [6.07, 6.45) is 0.849. The number of hydrogen-bond donors (Lipinski definition) is 4. The molecule has 0 saturated carbocycles. The summed E-state index contributed by atoms with van der Waals surface area (Å²) in [5, 5.41) is 33.1. The van der Waals surface area contributed by atoms with Gasteiger partial charge >= 0.3 is 5.97 Å². The van der Waals surface area contributed by atoms with Crippen molar-refractivity contribution >= 4 is 17.6 Å². The molecule has 0 saturated heterocycles. The molecule has 0 aliphatic heterocycles. The maximum Gasteiger partial charge on any atom is 0.329 e. The van der Waals surface area contributed by atoms with E-state index in [9.17, 15) is 4.79 Å². The summed E-state index contributed by atoms with van der Waals surface area (Å²) in [7, 11) is 0. The third kappa shape index (κ3) is 9.47. The number of carboxylic acid groups (broad SMARTS) is 1. The van der Waals surface area contributed by atoms with Gasteiger partial charge in [-0.3, -0.25) is 0 Å². The average Bonchev–Trinajstić information content (AvgIpc) is 2.17. The van der Waals surface area contributed by atoms with Crippen LogP contribution in [0.25, 0.3) is 0 Å². The third-order valence-corrected chi connectivity index (χ3v) is 1.48. The van der Waals surface area contributed by atoms with Crippen LogP contribution in [0.5, 0.6) is 0 Å². The van der Waals surface area contributed by atoms with Gasteiger partial charge in [-0.2, -0.15) is 0 Å². The van der Waals surface area contributed by atoms with Crippen molar-refractivity contribution in [2.24, 2.45) is 5.41 Å². The van der Waals surface area contributed by atoms with Crippen LogP contribution in [-0.4, -0.2) is 46.2 Å². The zero-order valence-corrected chi connectivity index (χ0v) is 8.61. The quantitative estimate of drug-likeness (QED) is 0.498. The van der Waals surface area contributed by atoms with Gasteiger partial charge in [0.05, 0.1) is 19.8 Å². The molecule has 0 unspecified atom stereocenters. The number of aliphatic hydroxyl groups excluding tert-OH is 3. The Morgan fingerprint density at radius 2 is 1.64 bits per heavy atom. The average molecular weight is 227 g/mol. The zero-order chi connectivity index (χ0) is 11.6. The van der Waals surface area contributed by atoms with E-state index in [-0.39, 0.29) is 19.8 Å².